The van der Waals surface area contributed by atoms with E-state index in [1.165, 1.54) is 30.8 Å². The third-order valence-corrected chi connectivity index (χ3v) is 5.33. The van der Waals surface area contributed by atoms with Crippen molar-refractivity contribution in [3.63, 3.8) is 0 Å². The topological polar surface area (TPSA) is 29.5 Å². The van der Waals surface area contributed by atoms with E-state index in [2.05, 4.69) is 25.6 Å². The predicted octanol–water partition coefficient (Wildman–Crippen LogP) is 3.48. The fourth-order valence-electron chi connectivity index (χ4n) is 3.45. The number of thioether (sulfide) groups is 1. The van der Waals surface area contributed by atoms with Crippen LogP contribution in [0.25, 0.3) is 0 Å². The lowest BCUT2D eigenvalue weighted by Crippen LogP contribution is -2.43. The molecule has 0 amide bonds. The third kappa shape index (κ3) is 4.14. The van der Waals surface area contributed by atoms with E-state index in [1.54, 1.807) is 0 Å². The van der Waals surface area contributed by atoms with E-state index in [4.69, 9.17) is 4.74 Å². The largest absolute Gasteiger partial charge is 0.393 e. The maximum absolute atomic E-state index is 10.1. The zero-order valence-electron chi connectivity index (χ0n) is 11.9. The molecule has 0 saturated carbocycles. The Morgan fingerprint density at radius 1 is 1.33 bits per heavy atom. The molecule has 2 rings (SSSR count). The lowest BCUT2D eigenvalue weighted by atomic mass is 9.79. The minimum Gasteiger partial charge on any atom is -0.393 e. The molecule has 2 heterocycles. The minimum atomic E-state index is -0.108. The van der Waals surface area contributed by atoms with Crippen molar-refractivity contribution in [1.29, 1.82) is 0 Å². The summed E-state index contributed by atoms with van der Waals surface area (Å²) in [5.41, 5.74) is 0.172. The second-order valence-electron chi connectivity index (χ2n) is 6.52. The fraction of sp³-hybridized carbons (Fsp3) is 1.00. The number of rotatable bonds is 4. The molecule has 1 N–H and O–H groups in total. The highest BCUT2D eigenvalue weighted by atomic mass is 32.2. The van der Waals surface area contributed by atoms with Crippen LogP contribution in [0, 0.1) is 11.8 Å². The van der Waals surface area contributed by atoms with E-state index in [0.717, 1.165) is 25.9 Å². The van der Waals surface area contributed by atoms with E-state index >= 15 is 0 Å². The summed E-state index contributed by atoms with van der Waals surface area (Å²) in [6.45, 7) is 5.28. The van der Waals surface area contributed by atoms with Gasteiger partial charge in [0.2, 0.25) is 0 Å². The molecule has 2 aliphatic rings. The minimum absolute atomic E-state index is 0.108. The van der Waals surface area contributed by atoms with Crippen LogP contribution in [-0.4, -0.2) is 34.9 Å². The van der Waals surface area contributed by atoms with E-state index < -0.39 is 0 Å². The highest BCUT2D eigenvalue weighted by Gasteiger charge is 2.39. The first-order valence-electron chi connectivity index (χ1n) is 7.49. The molecular formula is C15H28O2S. The number of aliphatic hydroxyl groups excluding tert-OH is 1. The highest BCUT2D eigenvalue weighted by molar-refractivity contribution is 7.99. The summed E-state index contributed by atoms with van der Waals surface area (Å²) in [6, 6.07) is 0. The molecule has 2 aliphatic heterocycles. The summed E-state index contributed by atoms with van der Waals surface area (Å²) in [5.74, 6) is 3.78. The second kappa shape index (κ2) is 6.62. The Kier molecular flexibility index (Phi) is 5.40. The summed E-state index contributed by atoms with van der Waals surface area (Å²) >= 11 is 2.06. The standard InChI is InChI=1S/C15H28O2S/c1-12(2)9-14(16)10-13-3-6-17-15(11-13)4-7-18-8-5-15/h12-14,16H,3-11H2,1-2H3. The van der Waals surface area contributed by atoms with Gasteiger partial charge in [-0.25, -0.2) is 0 Å². The zero-order valence-corrected chi connectivity index (χ0v) is 12.7. The van der Waals surface area contributed by atoms with Gasteiger partial charge in [-0.15, -0.1) is 0 Å². The van der Waals surface area contributed by atoms with Crippen LogP contribution in [-0.2, 0) is 4.74 Å². The van der Waals surface area contributed by atoms with Crippen molar-refractivity contribution in [2.24, 2.45) is 11.8 Å². The normalized spacial score (nSPS) is 29.7. The Morgan fingerprint density at radius 3 is 2.72 bits per heavy atom. The van der Waals surface area contributed by atoms with Crippen molar-refractivity contribution in [2.75, 3.05) is 18.1 Å². The van der Waals surface area contributed by atoms with Crippen molar-refractivity contribution in [2.45, 2.75) is 64.1 Å². The van der Waals surface area contributed by atoms with E-state index in [9.17, 15) is 5.11 Å². The number of aliphatic hydroxyl groups is 1. The first-order valence-corrected chi connectivity index (χ1v) is 8.65. The van der Waals surface area contributed by atoms with Gasteiger partial charge >= 0.3 is 0 Å². The van der Waals surface area contributed by atoms with Crippen LogP contribution in [0.2, 0.25) is 0 Å². The molecule has 2 unspecified atom stereocenters. The van der Waals surface area contributed by atoms with Crippen LogP contribution in [0.15, 0.2) is 0 Å². The SMILES string of the molecule is CC(C)CC(O)CC1CCOC2(CCSCC2)C1. The van der Waals surface area contributed by atoms with Gasteiger partial charge in [-0.1, -0.05) is 13.8 Å². The van der Waals surface area contributed by atoms with Gasteiger partial charge in [0.05, 0.1) is 11.7 Å². The first kappa shape index (κ1) is 14.7. The molecular weight excluding hydrogens is 244 g/mol. The molecule has 3 heteroatoms. The van der Waals surface area contributed by atoms with Crippen molar-refractivity contribution in [3.05, 3.63) is 0 Å². The van der Waals surface area contributed by atoms with Crippen LogP contribution >= 0.6 is 11.8 Å². The molecule has 0 aliphatic carbocycles. The Morgan fingerprint density at radius 2 is 2.06 bits per heavy atom. The number of hydrogen-bond donors (Lipinski definition) is 1. The highest BCUT2D eigenvalue weighted by Crippen LogP contribution is 2.41. The van der Waals surface area contributed by atoms with Crippen LogP contribution in [0.5, 0.6) is 0 Å². The van der Waals surface area contributed by atoms with Gasteiger partial charge in [0, 0.05) is 6.61 Å². The third-order valence-electron chi connectivity index (χ3n) is 4.35. The Hall–Kier alpha value is 0.270. The molecule has 0 bridgehead atoms. The van der Waals surface area contributed by atoms with Crippen LogP contribution in [0.3, 0.4) is 0 Å². The Balaban J connectivity index is 1.82. The van der Waals surface area contributed by atoms with Gasteiger partial charge in [-0.2, -0.15) is 11.8 Å². The zero-order chi connectivity index (χ0) is 13.0. The van der Waals surface area contributed by atoms with Crippen molar-refractivity contribution in [1.82, 2.24) is 0 Å². The lowest BCUT2D eigenvalue weighted by Gasteiger charge is -2.43. The molecule has 0 aromatic rings. The monoisotopic (exact) mass is 272 g/mol. The Labute approximate surface area is 116 Å². The summed E-state index contributed by atoms with van der Waals surface area (Å²) in [5, 5.41) is 10.1. The smallest absolute Gasteiger partial charge is 0.0701 e. The quantitative estimate of drug-likeness (QED) is 0.849. The lowest BCUT2D eigenvalue weighted by molar-refractivity contribution is -0.107. The Bertz CT molecular complexity index is 243. The average molecular weight is 272 g/mol. The summed E-state index contributed by atoms with van der Waals surface area (Å²) in [6.07, 6.45) is 6.58. The maximum atomic E-state index is 10.1. The molecule has 106 valence electrons. The summed E-state index contributed by atoms with van der Waals surface area (Å²) in [4.78, 5) is 0. The number of hydrogen-bond acceptors (Lipinski definition) is 3. The van der Waals surface area contributed by atoms with Crippen LogP contribution in [0.1, 0.15) is 52.4 Å². The van der Waals surface area contributed by atoms with Crippen molar-refractivity contribution in [3.8, 4) is 0 Å². The van der Waals surface area contributed by atoms with Gasteiger partial charge in [0.25, 0.3) is 0 Å². The van der Waals surface area contributed by atoms with E-state index in [-0.39, 0.29) is 11.7 Å². The summed E-state index contributed by atoms with van der Waals surface area (Å²) < 4.78 is 6.10. The second-order valence-corrected chi connectivity index (χ2v) is 7.75. The molecule has 0 aromatic heterocycles. The molecule has 2 saturated heterocycles. The average Bonchev–Trinajstić information content (AvgIpc) is 2.28. The van der Waals surface area contributed by atoms with Gasteiger partial charge in [0.15, 0.2) is 0 Å². The first-order chi connectivity index (χ1) is 8.60. The van der Waals surface area contributed by atoms with Gasteiger partial charge in [-0.3, -0.25) is 0 Å². The molecule has 1 spiro atoms. The molecule has 2 atom stereocenters. The predicted molar refractivity (Wildman–Crippen MR) is 78.0 cm³/mol. The van der Waals surface area contributed by atoms with Crippen molar-refractivity contribution < 1.29 is 9.84 Å². The number of ether oxygens (including phenoxy) is 1. The molecule has 2 fully saturated rings. The van der Waals surface area contributed by atoms with Gasteiger partial charge in [-0.05, 0) is 61.9 Å². The van der Waals surface area contributed by atoms with Crippen LogP contribution in [0.4, 0.5) is 0 Å². The van der Waals surface area contributed by atoms with Gasteiger partial charge < -0.3 is 9.84 Å². The van der Waals surface area contributed by atoms with E-state index in [1.807, 2.05) is 0 Å². The fourth-order valence-corrected chi connectivity index (χ4v) is 4.68. The van der Waals surface area contributed by atoms with Gasteiger partial charge in [0.1, 0.15) is 0 Å². The molecule has 0 radical (unpaired) electrons. The van der Waals surface area contributed by atoms with E-state index in [0.29, 0.717) is 11.8 Å². The van der Waals surface area contributed by atoms with Crippen molar-refractivity contribution >= 4 is 11.8 Å². The molecule has 18 heavy (non-hydrogen) atoms. The molecule has 0 aromatic carbocycles. The van der Waals surface area contributed by atoms with Crippen LogP contribution < -0.4 is 0 Å². The maximum Gasteiger partial charge on any atom is 0.0701 e. The molecule has 2 nitrogen and oxygen atoms in total. The summed E-state index contributed by atoms with van der Waals surface area (Å²) in [7, 11) is 0.